The van der Waals surface area contributed by atoms with Crippen molar-refractivity contribution in [3.8, 4) is 0 Å². The maximum Gasteiger partial charge on any atom is 0.273 e. The Hall–Kier alpha value is -1.43. The molecule has 0 saturated carbocycles. The fourth-order valence-electron chi connectivity index (χ4n) is 1.18. The second-order valence-electron chi connectivity index (χ2n) is 3.67. The maximum absolute atomic E-state index is 11.5. The third-order valence-corrected chi connectivity index (χ3v) is 2.00. The number of hydrogen-bond acceptors (Lipinski definition) is 4. The molecule has 2 N–H and O–H groups in total. The Kier molecular flexibility index (Phi) is 4.23. The molecule has 0 aliphatic carbocycles. The minimum absolute atomic E-state index is 0.167. The molecular weight excluding hydrogens is 194 g/mol. The largest absolute Gasteiger partial charge is 0.351 e. The topological polar surface area (TPSA) is 73.9 Å². The van der Waals surface area contributed by atoms with Crippen LogP contribution in [0, 0.1) is 6.92 Å². The fourth-order valence-corrected chi connectivity index (χ4v) is 1.18. The maximum atomic E-state index is 11.5. The van der Waals surface area contributed by atoms with E-state index < -0.39 is 0 Å². The van der Waals surface area contributed by atoms with Gasteiger partial charge in [0.1, 0.15) is 0 Å². The number of hydrogen-bond donors (Lipinski definition) is 2. The van der Waals surface area contributed by atoms with Gasteiger partial charge in [-0.2, -0.15) is 15.4 Å². The first kappa shape index (κ1) is 11.6. The summed E-state index contributed by atoms with van der Waals surface area (Å²) in [5.41, 5.74) is 1.000. The SMILES string of the molecule is Cc1n[nH]nc1C(=O)NCCCN(C)C. The lowest BCUT2D eigenvalue weighted by Crippen LogP contribution is -2.27. The van der Waals surface area contributed by atoms with Crippen molar-refractivity contribution in [2.45, 2.75) is 13.3 Å². The van der Waals surface area contributed by atoms with Gasteiger partial charge in [-0.15, -0.1) is 0 Å². The summed E-state index contributed by atoms with van der Waals surface area (Å²) in [5.74, 6) is -0.167. The zero-order valence-corrected chi connectivity index (χ0v) is 9.37. The minimum atomic E-state index is -0.167. The van der Waals surface area contributed by atoms with Crippen LogP contribution in [0.15, 0.2) is 0 Å². The Balaban J connectivity index is 2.28. The predicted molar refractivity (Wildman–Crippen MR) is 56.6 cm³/mol. The van der Waals surface area contributed by atoms with Crippen molar-refractivity contribution in [2.24, 2.45) is 0 Å². The van der Waals surface area contributed by atoms with E-state index in [1.165, 1.54) is 0 Å². The lowest BCUT2D eigenvalue weighted by Gasteiger charge is -2.09. The minimum Gasteiger partial charge on any atom is -0.351 e. The molecule has 0 spiro atoms. The number of aromatic nitrogens is 3. The average molecular weight is 211 g/mol. The zero-order chi connectivity index (χ0) is 11.3. The van der Waals surface area contributed by atoms with E-state index >= 15 is 0 Å². The van der Waals surface area contributed by atoms with Crippen molar-refractivity contribution < 1.29 is 4.79 Å². The summed E-state index contributed by atoms with van der Waals surface area (Å²) in [6, 6.07) is 0. The van der Waals surface area contributed by atoms with Gasteiger partial charge in [0.05, 0.1) is 5.69 Å². The Labute approximate surface area is 89.0 Å². The molecule has 84 valence electrons. The first-order valence-electron chi connectivity index (χ1n) is 4.91. The number of rotatable bonds is 5. The Morgan fingerprint density at radius 1 is 1.47 bits per heavy atom. The smallest absolute Gasteiger partial charge is 0.273 e. The molecule has 0 aliphatic heterocycles. The van der Waals surface area contributed by atoms with Crippen LogP contribution < -0.4 is 5.32 Å². The van der Waals surface area contributed by atoms with Crippen LogP contribution in [0.4, 0.5) is 0 Å². The van der Waals surface area contributed by atoms with Crippen LogP contribution in [-0.4, -0.2) is 53.4 Å². The third kappa shape index (κ3) is 3.67. The molecule has 1 aromatic heterocycles. The molecule has 1 heterocycles. The molecule has 0 radical (unpaired) electrons. The number of amides is 1. The number of carbonyl (C=O) groups excluding carboxylic acids is 1. The molecule has 6 nitrogen and oxygen atoms in total. The molecule has 1 amide bonds. The molecule has 1 rings (SSSR count). The summed E-state index contributed by atoms with van der Waals surface area (Å²) < 4.78 is 0. The van der Waals surface area contributed by atoms with Gasteiger partial charge >= 0.3 is 0 Å². The standard InChI is InChI=1S/C9H17N5O/c1-7-8(12-13-11-7)9(15)10-5-4-6-14(2)3/h4-6H2,1-3H3,(H,10,15)(H,11,12,13). The quantitative estimate of drug-likeness (QED) is 0.661. The van der Waals surface area contributed by atoms with E-state index in [9.17, 15) is 4.79 Å². The van der Waals surface area contributed by atoms with E-state index in [4.69, 9.17) is 0 Å². The first-order chi connectivity index (χ1) is 7.11. The number of carbonyl (C=O) groups is 1. The highest BCUT2D eigenvalue weighted by Gasteiger charge is 2.11. The van der Waals surface area contributed by atoms with Crippen LogP contribution in [-0.2, 0) is 0 Å². The monoisotopic (exact) mass is 211 g/mol. The normalized spacial score (nSPS) is 10.7. The molecule has 0 aliphatic rings. The molecule has 0 bridgehead atoms. The second-order valence-corrected chi connectivity index (χ2v) is 3.67. The van der Waals surface area contributed by atoms with Gasteiger partial charge in [-0.3, -0.25) is 4.79 Å². The average Bonchev–Trinajstić information content (AvgIpc) is 2.58. The van der Waals surface area contributed by atoms with E-state index in [0.717, 1.165) is 13.0 Å². The van der Waals surface area contributed by atoms with Crippen LogP contribution >= 0.6 is 0 Å². The third-order valence-electron chi connectivity index (χ3n) is 2.00. The lowest BCUT2D eigenvalue weighted by atomic mass is 10.3. The van der Waals surface area contributed by atoms with Crippen molar-refractivity contribution in [1.82, 2.24) is 25.6 Å². The zero-order valence-electron chi connectivity index (χ0n) is 9.37. The van der Waals surface area contributed by atoms with Gasteiger partial charge in [0.2, 0.25) is 0 Å². The number of aromatic amines is 1. The number of H-pyrrole nitrogens is 1. The summed E-state index contributed by atoms with van der Waals surface area (Å²) in [7, 11) is 4.01. The van der Waals surface area contributed by atoms with E-state index in [0.29, 0.717) is 17.9 Å². The van der Waals surface area contributed by atoms with Crippen molar-refractivity contribution >= 4 is 5.91 Å². The van der Waals surface area contributed by atoms with Crippen LogP contribution in [0.3, 0.4) is 0 Å². The molecule has 0 saturated heterocycles. The predicted octanol–water partition coefficient (Wildman–Crippen LogP) is -0.205. The van der Waals surface area contributed by atoms with Crippen LogP contribution in [0.25, 0.3) is 0 Å². The summed E-state index contributed by atoms with van der Waals surface area (Å²) in [5, 5.41) is 12.8. The van der Waals surface area contributed by atoms with Crippen molar-refractivity contribution in [3.05, 3.63) is 11.4 Å². The van der Waals surface area contributed by atoms with Crippen LogP contribution in [0.1, 0.15) is 22.6 Å². The highest BCUT2D eigenvalue weighted by Crippen LogP contribution is 1.97. The molecule has 15 heavy (non-hydrogen) atoms. The summed E-state index contributed by atoms with van der Waals surface area (Å²) in [6.45, 7) is 3.36. The molecule has 0 unspecified atom stereocenters. The number of nitrogens with zero attached hydrogens (tertiary/aromatic N) is 3. The van der Waals surface area contributed by atoms with Crippen molar-refractivity contribution in [2.75, 3.05) is 27.2 Å². The molecular formula is C9H17N5O. The van der Waals surface area contributed by atoms with Gasteiger partial charge in [-0.1, -0.05) is 0 Å². The highest BCUT2D eigenvalue weighted by atomic mass is 16.2. The van der Waals surface area contributed by atoms with E-state index in [1.54, 1.807) is 6.92 Å². The van der Waals surface area contributed by atoms with Gasteiger partial charge in [0.15, 0.2) is 5.69 Å². The first-order valence-corrected chi connectivity index (χ1v) is 4.91. The summed E-state index contributed by atoms with van der Waals surface area (Å²) in [4.78, 5) is 13.6. The number of aryl methyl sites for hydroxylation is 1. The van der Waals surface area contributed by atoms with Gasteiger partial charge in [0.25, 0.3) is 5.91 Å². The molecule has 0 aromatic carbocycles. The molecule has 6 heteroatoms. The van der Waals surface area contributed by atoms with Gasteiger partial charge in [0, 0.05) is 6.54 Å². The summed E-state index contributed by atoms with van der Waals surface area (Å²) in [6.07, 6.45) is 0.926. The van der Waals surface area contributed by atoms with Crippen molar-refractivity contribution in [1.29, 1.82) is 0 Å². The lowest BCUT2D eigenvalue weighted by molar-refractivity contribution is 0.0946. The van der Waals surface area contributed by atoms with E-state index in [2.05, 4.69) is 25.6 Å². The van der Waals surface area contributed by atoms with Gasteiger partial charge in [-0.05, 0) is 34.0 Å². The van der Waals surface area contributed by atoms with Crippen LogP contribution in [0.2, 0.25) is 0 Å². The second kappa shape index (κ2) is 5.45. The Morgan fingerprint density at radius 3 is 2.73 bits per heavy atom. The Morgan fingerprint density at radius 2 is 2.20 bits per heavy atom. The summed E-state index contributed by atoms with van der Waals surface area (Å²) >= 11 is 0. The van der Waals surface area contributed by atoms with Gasteiger partial charge in [-0.25, -0.2) is 0 Å². The van der Waals surface area contributed by atoms with E-state index in [-0.39, 0.29) is 5.91 Å². The van der Waals surface area contributed by atoms with Gasteiger partial charge < -0.3 is 10.2 Å². The number of nitrogens with one attached hydrogen (secondary N) is 2. The molecule has 0 fully saturated rings. The fraction of sp³-hybridized carbons (Fsp3) is 0.667. The van der Waals surface area contributed by atoms with E-state index in [1.807, 2.05) is 14.1 Å². The Bertz CT molecular complexity index is 320. The van der Waals surface area contributed by atoms with Crippen LogP contribution in [0.5, 0.6) is 0 Å². The molecule has 0 atom stereocenters. The highest BCUT2D eigenvalue weighted by molar-refractivity contribution is 5.92. The molecule has 1 aromatic rings. The van der Waals surface area contributed by atoms with Crippen molar-refractivity contribution in [3.63, 3.8) is 0 Å².